The van der Waals surface area contributed by atoms with Gasteiger partial charge in [0.05, 0.1) is 0 Å². The number of ether oxygens (including phenoxy) is 1. The summed E-state index contributed by atoms with van der Waals surface area (Å²) in [6, 6.07) is 0. The predicted octanol–water partition coefficient (Wildman–Crippen LogP) is 10.8. The van der Waals surface area contributed by atoms with Gasteiger partial charge in [0.1, 0.15) is 12.6 Å². The van der Waals surface area contributed by atoms with E-state index in [1.165, 1.54) is 116 Å². The lowest BCUT2D eigenvalue weighted by atomic mass is 10.0. The van der Waals surface area contributed by atoms with Gasteiger partial charge in [-0.15, -0.1) is 0 Å². The molecule has 0 aliphatic carbocycles. The number of carbonyl (C=O) groups excluding carboxylic acids is 2. The molecule has 43 heavy (non-hydrogen) atoms. The lowest BCUT2D eigenvalue weighted by Gasteiger charge is -2.18. The molecular weight excluding hydrogens is 538 g/mol. The number of amides is 1. The molecule has 0 radical (unpaired) electrons. The Morgan fingerprint density at radius 2 is 0.860 bits per heavy atom. The van der Waals surface area contributed by atoms with E-state index in [0.717, 1.165) is 64.2 Å². The second-order valence-electron chi connectivity index (χ2n) is 12.8. The van der Waals surface area contributed by atoms with Gasteiger partial charge in [-0.3, -0.25) is 14.4 Å². The summed E-state index contributed by atoms with van der Waals surface area (Å²) >= 11 is 0. The van der Waals surface area contributed by atoms with Crippen molar-refractivity contribution in [1.82, 2.24) is 5.32 Å². The number of nitrogens with one attached hydrogen (secondary N) is 1. The highest BCUT2D eigenvalue weighted by atomic mass is 16.5. The van der Waals surface area contributed by atoms with Gasteiger partial charge in [-0.05, 0) is 38.5 Å². The lowest BCUT2D eigenvalue weighted by Crippen LogP contribution is -2.28. The van der Waals surface area contributed by atoms with Crippen LogP contribution in [0.2, 0.25) is 0 Å². The zero-order valence-electron chi connectivity index (χ0n) is 28.6. The average Bonchev–Trinajstić information content (AvgIpc) is 2.99. The predicted molar refractivity (Wildman–Crippen MR) is 180 cm³/mol. The summed E-state index contributed by atoms with van der Waals surface area (Å²) < 4.78 is 5.96. The molecule has 6 nitrogen and oxygen atoms in total. The van der Waals surface area contributed by atoms with Gasteiger partial charge in [0.15, 0.2) is 0 Å². The van der Waals surface area contributed by atoms with Gasteiger partial charge in [0.25, 0.3) is 0 Å². The van der Waals surface area contributed by atoms with Gasteiger partial charge < -0.3 is 15.2 Å². The Morgan fingerprint density at radius 1 is 0.512 bits per heavy atom. The maximum atomic E-state index is 12.6. The van der Waals surface area contributed by atoms with Crippen LogP contribution in [0.4, 0.5) is 0 Å². The highest BCUT2D eigenvalue weighted by Crippen LogP contribution is 2.19. The molecule has 0 fully saturated rings. The molecule has 0 heterocycles. The maximum absolute atomic E-state index is 12.6. The molecular formula is C37H71NO5. The normalized spacial score (nSPS) is 11.9. The van der Waals surface area contributed by atoms with Gasteiger partial charge in [-0.2, -0.15) is 0 Å². The quantitative estimate of drug-likeness (QED) is 0.0559. The van der Waals surface area contributed by atoms with Gasteiger partial charge in [-0.25, -0.2) is 0 Å². The summed E-state index contributed by atoms with van der Waals surface area (Å²) in [5, 5.41) is 11.0. The van der Waals surface area contributed by atoms with E-state index in [1.54, 1.807) is 0 Å². The molecule has 0 aliphatic heterocycles. The first-order chi connectivity index (χ1) is 21.0. The molecule has 0 aliphatic rings. The van der Waals surface area contributed by atoms with Crippen LogP contribution in [-0.4, -0.2) is 35.6 Å². The number of esters is 1. The minimum atomic E-state index is -1.01. The number of carboxylic acid groups (broad SMARTS) is 1. The summed E-state index contributed by atoms with van der Waals surface area (Å²) in [6.45, 7) is 4.21. The van der Waals surface area contributed by atoms with E-state index in [4.69, 9.17) is 9.84 Å². The monoisotopic (exact) mass is 610 g/mol. The number of rotatable bonds is 34. The van der Waals surface area contributed by atoms with E-state index in [2.05, 4.69) is 19.2 Å². The summed E-state index contributed by atoms with van der Waals surface area (Å²) in [4.78, 5) is 34.7. The Kier molecular flexibility index (Phi) is 32.1. The summed E-state index contributed by atoms with van der Waals surface area (Å²) in [5.74, 6) is -1.22. The largest absolute Gasteiger partial charge is 0.480 e. The molecule has 1 unspecified atom stereocenters. The minimum absolute atomic E-state index is 0.0157. The molecule has 1 amide bonds. The highest BCUT2D eigenvalue weighted by molar-refractivity contribution is 5.80. The number of carboxylic acids is 1. The molecule has 0 saturated carbocycles. The van der Waals surface area contributed by atoms with Crippen molar-refractivity contribution in [2.45, 2.75) is 213 Å². The van der Waals surface area contributed by atoms with E-state index in [9.17, 15) is 14.4 Å². The molecule has 6 heteroatoms. The van der Waals surface area contributed by atoms with Crippen molar-refractivity contribution in [2.75, 3.05) is 6.54 Å². The van der Waals surface area contributed by atoms with Crippen LogP contribution in [0.15, 0.2) is 0 Å². The highest BCUT2D eigenvalue weighted by Gasteiger charge is 2.14. The fraction of sp³-hybridized carbons (Fsp3) is 0.919. The smallest absolute Gasteiger partial charge is 0.322 e. The number of hydrogen-bond donors (Lipinski definition) is 2. The molecule has 0 bridgehead atoms. The number of hydrogen-bond acceptors (Lipinski definition) is 4. The van der Waals surface area contributed by atoms with Crippen LogP contribution < -0.4 is 5.32 Å². The molecule has 0 aromatic rings. The minimum Gasteiger partial charge on any atom is -0.480 e. The molecule has 0 aromatic carbocycles. The number of unbranched alkanes of at least 4 members (excludes halogenated alkanes) is 23. The van der Waals surface area contributed by atoms with E-state index < -0.39 is 5.97 Å². The van der Waals surface area contributed by atoms with Crippen molar-refractivity contribution in [2.24, 2.45) is 0 Å². The third kappa shape index (κ3) is 33.1. The van der Waals surface area contributed by atoms with Crippen molar-refractivity contribution >= 4 is 17.8 Å². The Labute approximate surface area is 266 Å². The Balaban J connectivity index is 3.95. The zero-order valence-corrected chi connectivity index (χ0v) is 28.6. The third-order valence-electron chi connectivity index (χ3n) is 8.53. The Morgan fingerprint density at radius 3 is 1.26 bits per heavy atom. The van der Waals surface area contributed by atoms with Crippen LogP contribution in [0.3, 0.4) is 0 Å². The molecule has 0 saturated heterocycles. The SMILES string of the molecule is CCCCCCCCCCCCCCCCCC(=O)OC(CCCCCCCC)CCCCCCCC(=O)NCC(=O)O. The van der Waals surface area contributed by atoms with Gasteiger partial charge in [0, 0.05) is 12.8 Å². The molecule has 0 aromatic heterocycles. The van der Waals surface area contributed by atoms with Crippen molar-refractivity contribution in [1.29, 1.82) is 0 Å². The topological polar surface area (TPSA) is 92.7 Å². The van der Waals surface area contributed by atoms with Crippen molar-refractivity contribution in [3.63, 3.8) is 0 Å². The summed E-state index contributed by atoms with van der Waals surface area (Å²) in [7, 11) is 0. The van der Waals surface area contributed by atoms with Crippen LogP contribution in [0.5, 0.6) is 0 Å². The first-order valence-corrected chi connectivity index (χ1v) is 18.7. The Bertz CT molecular complexity index is 638. The first kappa shape index (κ1) is 41.4. The molecule has 2 N–H and O–H groups in total. The van der Waals surface area contributed by atoms with Gasteiger partial charge in [0.2, 0.25) is 5.91 Å². The summed E-state index contributed by atoms with van der Waals surface area (Å²) in [6.07, 6.45) is 35.1. The van der Waals surface area contributed by atoms with Crippen molar-refractivity contribution in [3.8, 4) is 0 Å². The van der Waals surface area contributed by atoms with Crippen LogP contribution in [0, 0.1) is 0 Å². The zero-order chi connectivity index (χ0) is 31.6. The Hall–Kier alpha value is -1.59. The summed E-state index contributed by atoms with van der Waals surface area (Å²) in [5.41, 5.74) is 0. The molecule has 254 valence electrons. The fourth-order valence-electron chi connectivity index (χ4n) is 5.75. The van der Waals surface area contributed by atoms with Crippen LogP contribution >= 0.6 is 0 Å². The molecule has 0 spiro atoms. The third-order valence-corrected chi connectivity index (χ3v) is 8.53. The first-order valence-electron chi connectivity index (χ1n) is 18.7. The maximum Gasteiger partial charge on any atom is 0.322 e. The van der Waals surface area contributed by atoms with E-state index in [0.29, 0.717) is 12.8 Å². The molecule has 0 rings (SSSR count). The van der Waals surface area contributed by atoms with E-state index >= 15 is 0 Å². The van der Waals surface area contributed by atoms with Crippen LogP contribution in [-0.2, 0) is 19.1 Å². The van der Waals surface area contributed by atoms with E-state index in [1.807, 2.05) is 0 Å². The van der Waals surface area contributed by atoms with Crippen LogP contribution in [0.25, 0.3) is 0 Å². The second kappa shape index (κ2) is 33.3. The van der Waals surface area contributed by atoms with Gasteiger partial charge in [-0.1, -0.05) is 155 Å². The van der Waals surface area contributed by atoms with Crippen molar-refractivity contribution in [3.05, 3.63) is 0 Å². The number of carbonyl (C=O) groups is 3. The number of aliphatic carboxylic acids is 1. The van der Waals surface area contributed by atoms with Gasteiger partial charge >= 0.3 is 11.9 Å². The van der Waals surface area contributed by atoms with E-state index in [-0.39, 0.29) is 24.5 Å². The standard InChI is InChI=1S/C37H71NO5/c1-3-5-7-9-11-12-13-14-15-16-17-18-19-24-28-32-37(42)43-34(29-25-21-10-8-6-4-2)30-26-22-20-23-27-31-35(39)38-33-36(40)41/h34H,3-33H2,1-2H3,(H,38,39)(H,40,41). The lowest BCUT2D eigenvalue weighted by molar-refractivity contribution is -0.150. The van der Waals surface area contributed by atoms with Crippen LogP contribution in [0.1, 0.15) is 206 Å². The molecule has 1 atom stereocenters. The average molecular weight is 610 g/mol. The van der Waals surface area contributed by atoms with Crippen molar-refractivity contribution < 1.29 is 24.2 Å². The second-order valence-corrected chi connectivity index (χ2v) is 12.8. The fourth-order valence-corrected chi connectivity index (χ4v) is 5.75.